The molecule has 1 aliphatic heterocycles. The molecule has 0 atom stereocenters. The third-order valence-electron chi connectivity index (χ3n) is 3.70. The zero-order chi connectivity index (χ0) is 14.8. The molecule has 1 aromatic rings. The minimum atomic E-state index is -4.50. The fourth-order valence-electron chi connectivity index (χ4n) is 2.48. The molecule has 1 aliphatic rings. The van der Waals surface area contributed by atoms with Crippen LogP contribution < -0.4 is 5.32 Å². The topological polar surface area (TPSA) is 35.8 Å². The van der Waals surface area contributed by atoms with Gasteiger partial charge in [-0.15, -0.1) is 12.4 Å². The number of nitrogens with zero attached hydrogens (tertiary/aromatic N) is 1. The van der Waals surface area contributed by atoms with E-state index in [4.69, 9.17) is 0 Å². The van der Waals surface area contributed by atoms with Gasteiger partial charge in [-0.3, -0.25) is 0 Å². The van der Waals surface area contributed by atoms with Crippen LogP contribution in [0.3, 0.4) is 0 Å². The highest BCUT2D eigenvalue weighted by atomic mass is 35.5. The van der Waals surface area contributed by atoms with Gasteiger partial charge in [0.15, 0.2) is 0 Å². The number of nitrogens with one attached hydrogen (secondary N) is 1. The molecule has 7 heteroatoms. The zero-order valence-corrected chi connectivity index (χ0v) is 12.0. The normalized spacial score (nSPS) is 17.7. The largest absolute Gasteiger partial charge is 0.416 e. The summed E-state index contributed by atoms with van der Waals surface area (Å²) in [4.78, 5) is 0. The Morgan fingerprint density at radius 2 is 1.86 bits per heavy atom. The Kier molecular flexibility index (Phi) is 5.60. The second kappa shape index (κ2) is 6.63. The van der Waals surface area contributed by atoms with E-state index in [2.05, 4.69) is 11.4 Å². The molecule has 2 rings (SSSR count). The minimum absolute atomic E-state index is 0. The summed E-state index contributed by atoms with van der Waals surface area (Å²) >= 11 is 0. The summed E-state index contributed by atoms with van der Waals surface area (Å²) in [6, 6.07) is 4.53. The Labute approximate surface area is 126 Å². The van der Waals surface area contributed by atoms with Crippen molar-refractivity contribution in [3.8, 4) is 6.07 Å². The summed E-state index contributed by atoms with van der Waals surface area (Å²) in [5.41, 5.74) is -1.70. The lowest BCUT2D eigenvalue weighted by Crippen LogP contribution is -2.37. The van der Waals surface area contributed by atoms with Gasteiger partial charge in [0.25, 0.3) is 0 Å². The SMILES string of the molecule is Cl.N#CC1(Cc2cc(C(F)(F)F)ccc2F)CCNCC1. The smallest absolute Gasteiger partial charge is 0.317 e. The molecule has 1 saturated heterocycles. The number of alkyl halides is 3. The minimum Gasteiger partial charge on any atom is -0.317 e. The first-order valence-electron chi connectivity index (χ1n) is 6.34. The van der Waals surface area contributed by atoms with Crippen molar-refractivity contribution >= 4 is 12.4 Å². The number of hydrogen-bond donors (Lipinski definition) is 1. The third-order valence-corrected chi connectivity index (χ3v) is 3.70. The summed E-state index contributed by atoms with van der Waals surface area (Å²) in [7, 11) is 0. The van der Waals surface area contributed by atoms with Crippen molar-refractivity contribution in [2.45, 2.75) is 25.4 Å². The van der Waals surface area contributed by atoms with Crippen LogP contribution in [0.2, 0.25) is 0 Å². The van der Waals surface area contributed by atoms with Crippen molar-refractivity contribution in [3.63, 3.8) is 0 Å². The molecular formula is C14H15ClF4N2. The molecule has 116 valence electrons. The first-order valence-corrected chi connectivity index (χ1v) is 6.34. The zero-order valence-electron chi connectivity index (χ0n) is 11.1. The maximum absolute atomic E-state index is 13.7. The van der Waals surface area contributed by atoms with Gasteiger partial charge in [0.1, 0.15) is 5.82 Å². The summed E-state index contributed by atoms with van der Waals surface area (Å²) in [6.45, 7) is 1.24. The quantitative estimate of drug-likeness (QED) is 0.843. The van der Waals surface area contributed by atoms with E-state index in [1.54, 1.807) is 0 Å². The lowest BCUT2D eigenvalue weighted by atomic mass is 9.75. The predicted octanol–water partition coefficient (Wildman–Crippen LogP) is 3.70. The van der Waals surface area contributed by atoms with E-state index in [1.807, 2.05) is 0 Å². The van der Waals surface area contributed by atoms with Crippen molar-refractivity contribution in [2.24, 2.45) is 5.41 Å². The Hall–Kier alpha value is -1.32. The lowest BCUT2D eigenvalue weighted by Gasteiger charge is -2.31. The van der Waals surface area contributed by atoms with Crippen LogP contribution in [0.4, 0.5) is 17.6 Å². The molecule has 1 N–H and O–H groups in total. The van der Waals surface area contributed by atoms with Gasteiger partial charge in [0, 0.05) is 0 Å². The first-order chi connectivity index (χ1) is 9.36. The molecule has 21 heavy (non-hydrogen) atoms. The van der Waals surface area contributed by atoms with E-state index >= 15 is 0 Å². The number of rotatable bonds is 2. The van der Waals surface area contributed by atoms with Crippen molar-refractivity contribution in [3.05, 3.63) is 35.1 Å². The molecule has 0 amide bonds. The lowest BCUT2D eigenvalue weighted by molar-refractivity contribution is -0.137. The van der Waals surface area contributed by atoms with Crippen LogP contribution in [0.25, 0.3) is 0 Å². The number of benzene rings is 1. The van der Waals surface area contributed by atoms with Gasteiger partial charge in [0.05, 0.1) is 17.0 Å². The van der Waals surface area contributed by atoms with Crippen LogP contribution in [-0.2, 0) is 12.6 Å². The fraction of sp³-hybridized carbons (Fsp3) is 0.500. The molecule has 0 aliphatic carbocycles. The van der Waals surface area contributed by atoms with E-state index in [0.29, 0.717) is 25.9 Å². The number of nitriles is 1. The number of halogens is 5. The van der Waals surface area contributed by atoms with E-state index in [-0.39, 0.29) is 24.4 Å². The highest BCUT2D eigenvalue weighted by Gasteiger charge is 2.35. The van der Waals surface area contributed by atoms with E-state index in [1.165, 1.54) is 0 Å². The second-order valence-electron chi connectivity index (χ2n) is 5.12. The van der Waals surface area contributed by atoms with Crippen LogP contribution >= 0.6 is 12.4 Å². The van der Waals surface area contributed by atoms with Gasteiger partial charge < -0.3 is 5.32 Å². The van der Waals surface area contributed by atoms with Crippen molar-refractivity contribution in [2.75, 3.05) is 13.1 Å². The Morgan fingerprint density at radius 3 is 2.38 bits per heavy atom. The molecule has 0 bridgehead atoms. The Balaban J connectivity index is 0.00000220. The standard InChI is InChI=1S/C14H14F4N2.ClH/c15-12-2-1-11(14(16,17)18)7-10(12)8-13(9-19)3-5-20-6-4-13;/h1-2,7,20H,3-6,8H2;1H. The van der Waals surface area contributed by atoms with Crippen LogP contribution in [0, 0.1) is 22.6 Å². The fourth-order valence-corrected chi connectivity index (χ4v) is 2.48. The summed E-state index contributed by atoms with van der Waals surface area (Å²) in [6.07, 6.45) is -3.46. The van der Waals surface area contributed by atoms with Gasteiger partial charge in [-0.05, 0) is 56.1 Å². The van der Waals surface area contributed by atoms with Crippen molar-refractivity contribution in [1.82, 2.24) is 5.32 Å². The van der Waals surface area contributed by atoms with Crippen LogP contribution in [0.5, 0.6) is 0 Å². The molecule has 1 fully saturated rings. The maximum Gasteiger partial charge on any atom is 0.416 e. The van der Waals surface area contributed by atoms with Crippen molar-refractivity contribution in [1.29, 1.82) is 5.26 Å². The number of piperidine rings is 1. The van der Waals surface area contributed by atoms with E-state index in [0.717, 1.165) is 18.2 Å². The van der Waals surface area contributed by atoms with Gasteiger partial charge in [0.2, 0.25) is 0 Å². The van der Waals surface area contributed by atoms with E-state index < -0.39 is 23.0 Å². The highest BCUT2D eigenvalue weighted by Crippen LogP contribution is 2.35. The molecule has 1 heterocycles. The molecule has 0 spiro atoms. The average Bonchev–Trinajstić information content (AvgIpc) is 2.41. The molecule has 0 radical (unpaired) electrons. The molecule has 1 aromatic carbocycles. The summed E-state index contributed by atoms with van der Waals surface area (Å²) in [5, 5.41) is 12.4. The second-order valence-corrected chi connectivity index (χ2v) is 5.12. The molecule has 0 saturated carbocycles. The van der Waals surface area contributed by atoms with Crippen LogP contribution in [-0.4, -0.2) is 13.1 Å². The molecule has 2 nitrogen and oxygen atoms in total. The predicted molar refractivity (Wildman–Crippen MR) is 72.5 cm³/mol. The first kappa shape index (κ1) is 17.7. The monoisotopic (exact) mass is 322 g/mol. The summed E-state index contributed by atoms with van der Waals surface area (Å²) in [5.74, 6) is -0.689. The van der Waals surface area contributed by atoms with Gasteiger partial charge in [-0.2, -0.15) is 18.4 Å². The molecular weight excluding hydrogens is 308 g/mol. The molecule has 0 unspecified atom stereocenters. The van der Waals surface area contributed by atoms with Gasteiger partial charge in [-0.1, -0.05) is 0 Å². The summed E-state index contributed by atoms with van der Waals surface area (Å²) < 4.78 is 51.7. The Bertz CT molecular complexity index is 531. The average molecular weight is 323 g/mol. The Morgan fingerprint density at radius 1 is 1.24 bits per heavy atom. The maximum atomic E-state index is 13.7. The van der Waals surface area contributed by atoms with Gasteiger partial charge >= 0.3 is 6.18 Å². The van der Waals surface area contributed by atoms with Gasteiger partial charge in [-0.25, -0.2) is 4.39 Å². The van der Waals surface area contributed by atoms with Crippen LogP contribution in [0.1, 0.15) is 24.0 Å². The van der Waals surface area contributed by atoms with Crippen molar-refractivity contribution < 1.29 is 17.6 Å². The molecule has 0 aromatic heterocycles. The highest BCUT2D eigenvalue weighted by molar-refractivity contribution is 5.85. The van der Waals surface area contributed by atoms with E-state index in [9.17, 15) is 22.8 Å². The van der Waals surface area contributed by atoms with Crippen LogP contribution in [0.15, 0.2) is 18.2 Å². The third kappa shape index (κ3) is 4.08. The number of hydrogen-bond acceptors (Lipinski definition) is 2.